The highest BCUT2D eigenvalue weighted by Crippen LogP contribution is 2.48. The number of hydrogen-bond acceptors (Lipinski definition) is 10. The van der Waals surface area contributed by atoms with Gasteiger partial charge in [0.05, 0.1) is 37.6 Å². The molecule has 0 atom stereocenters. The van der Waals surface area contributed by atoms with Gasteiger partial charge in [-0.1, -0.05) is 141 Å². The number of hydrogen-bond donors (Lipinski definition) is 0. The van der Waals surface area contributed by atoms with E-state index in [0.717, 1.165) is 72.5 Å². The maximum Gasteiger partial charge on any atom is 0.343 e. The van der Waals surface area contributed by atoms with Gasteiger partial charge in [-0.3, -0.25) is 4.79 Å². The van der Waals surface area contributed by atoms with E-state index in [1.807, 2.05) is 48.5 Å². The molecule has 0 amide bonds. The summed E-state index contributed by atoms with van der Waals surface area (Å²) in [7, 11) is 0. The van der Waals surface area contributed by atoms with Crippen molar-refractivity contribution in [3.05, 3.63) is 156 Å². The predicted octanol–water partition coefficient (Wildman–Crippen LogP) is 17.1. The number of carbonyl (C=O) groups is 3. The molecule has 0 unspecified atom stereocenters. The lowest BCUT2D eigenvalue weighted by molar-refractivity contribution is -0.147. The minimum Gasteiger partial charge on any atom is -0.494 e. The maximum atomic E-state index is 13.7. The molecule has 402 valence electrons. The molecule has 0 saturated carbocycles. The van der Waals surface area contributed by atoms with E-state index in [0.29, 0.717) is 77.9 Å². The van der Waals surface area contributed by atoms with E-state index in [-0.39, 0.29) is 6.42 Å². The zero-order chi connectivity index (χ0) is 53.2. The second-order valence-corrected chi connectivity index (χ2v) is 19.7. The van der Waals surface area contributed by atoms with E-state index in [4.69, 9.17) is 33.2 Å². The van der Waals surface area contributed by atoms with E-state index in [9.17, 15) is 14.4 Å². The van der Waals surface area contributed by atoms with Crippen molar-refractivity contribution < 1.29 is 47.5 Å². The fraction of sp³-hybridized carbons (Fsp3) is 0.409. The second-order valence-electron chi connectivity index (χ2n) is 19.7. The quantitative estimate of drug-likeness (QED) is 0.0220. The Morgan fingerprint density at radius 2 is 0.671 bits per heavy atom. The zero-order valence-electron chi connectivity index (χ0n) is 45.1. The molecule has 0 spiro atoms. The van der Waals surface area contributed by atoms with Crippen LogP contribution in [-0.2, 0) is 9.53 Å². The van der Waals surface area contributed by atoms with Gasteiger partial charge in [0.2, 0.25) is 0 Å². The molecule has 1 aliphatic carbocycles. The Bertz CT molecular complexity index is 2570. The second kappa shape index (κ2) is 31.1. The van der Waals surface area contributed by atoms with Crippen LogP contribution in [0, 0.1) is 0 Å². The summed E-state index contributed by atoms with van der Waals surface area (Å²) in [5, 5.41) is 0. The first kappa shape index (κ1) is 56.7. The molecule has 0 bridgehead atoms. The van der Waals surface area contributed by atoms with Gasteiger partial charge in [-0.25, -0.2) is 9.59 Å². The Morgan fingerprint density at radius 3 is 1.04 bits per heavy atom. The summed E-state index contributed by atoms with van der Waals surface area (Å²) in [5.41, 5.74) is 5.87. The molecular weight excluding hydrogens is 953 g/mol. The number of unbranched alkanes of at least 4 members (excludes halogenated alkanes) is 14. The molecule has 1 aliphatic rings. The van der Waals surface area contributed by atoms with Crippen LogP contribution >= 0.6 is 0 Å². The van der Waals surface area contributed by atoms with Gasteiger partial charge >= 0.3 is 17.9 Å². The summed E-state index contributed by atoms with van der Waals surface area (Å²) < 4.78 is 41.9. The summed E-state index contributed by atoms with van der Waals surface area (Å²) in [6.07, 6.45) is 19.4. The standard InChI is InChI=1S/C66H78O10/c1-4-7-10-13-16-20-45-70-53-31-23-49(24-32-53)50-25-33-54(34-26-50)73-46-21-17-22-63(67)76-64-61-47-57(74-65(68)51-27-35-55(36-28-51)71-43-18-14-11-8-5-2)39-41-59(61)60-42-40-58(48-62(60)64)75-66(69)52-29-37-56(38-30-52)72-44-19-15-12-9-6-3/h23-42,47-48,64H,4-22,43-46H2,1-3H3. The largest absolute Gasteiger partial charge is 0.494 e. The van der Waals surface area contributed by atoms with Crippen LogP contribution in [0.25, 0.3) is 22.3 Å². The fourth-order valence-electron chi connectivity index (χ4n) is 9.24. The molecule has 0 heterocycles. The van der Waals surface area contributed by atoms with Gasteiger partial charge in [0.25, 0.3) is 0 Å². The van der Waals surface area contributed by atoms with Gasteiger partial charge in [0, 0.05) is 17.5 Å². The summed E-state index contributed by atoms with van der Waals surface area (Å²) in [6.45, 7) is 9.05. The molecule has 0 saturated heterocycles. The zero-order valence-corrected chi connectivity index (χ0v) is 45.1. The lowest BCUT2D eigenvalue weighted by atomic mass is 10.1. The molecule has 7 rings (SSSR count). The average molecular weight is 1030 g/mol. The molecule has 0 aliphatic heterocycles. The summed E-state index contributed by atoms with van der Waals surface area (Å²) >= 11 is 0. The van der Waals surface area contributed by atoms with Crippen LogP contribution in [0.1, 0.15) is 181 Å². The lowest BCUT2D eigenvalue weighted by Gasteiger charge is -2.17. The molecule has 6 aromatic carbocycles. The van der Waals surface area contributed by atoms with Gasteiger partial charge in [0.15, 0.2) is 6.10 Å². The topological polar surface area (TPSA) is 116 Å². The molecule has 0 N–H and O–H groups in total. The minimum atomic E-state index is -0.852. The Balaban J connectivity index is 0.943. The first-order valence-electron chi connectivity index (χ1n) is 28.2. The average Bonchev–Trinajstić information content (AvgIpc) is 3.77. The number of benzene rings is 6. The van der Waals surface area contributed by atoms with Crippen LogP contribution in [-0.4, -0.2) is 44.3 Å². The third-order valence-corrected chi connectivity index (χ3v) is 13.6. The lowest BCUT2D eigenvalue weighted by Crippen LogP contribution is -2.12. The van der Waals surface area contributed by atoms with Crippen molar-refractivity contribution in [3.63, 3.8) is 0 Å². The molecule has 0 radical (unpaired) electrons. The Kier molecular flexibility index (Phi) is 23.2. The van der Waals surface area contributed by atoms with Gasteiger partial charge in [-0.15, -0.1) is 0 Å². The number of carbonyl (C=O) groups excluding carboxylic acids is 3. The van der Waals surface area contributed by atoms with Crippen LogP contribution in [0.15, 0.2) is 133 Å². The van der Waals surface area contributed by atoms with Crippen molar-refractivity contribution in [1.82, 2.24) is 0 Å². The highest BCUT2D eigenvalue weighted by atomic mass is 16.6. The third-order valence-electron chi connectivity index (χ3n) is 13.6. The van der Waals surface area contributed by atoms with Crippen molar-refractivity contribution in [3.8, 4) is 56.8 Å². The van der Waals surface area contributed by atoms with E-state index in [1.165, 1.54) is 70.6 Å². The number of ether oxygens (including phenoxy) is 7. The van der Waals surface area contributed by atoms with Crippen molar-refractivity contribution in [1.29, 1.82) is 0 Å². The third kappa shape index (κ3) is 17.8. The van der Waals surface area contributed by atoms with Gasteiger partial charge in [-0.2, -0.15) is 0 Å². The molecular formula is C66H78O10. The monoisotopic (exact) mass is 1030 g/mol. The normalized spacial score (nSPS) is 11.6. The fourth-order valence-corrected chi connectivity index (χ4v) is 9.24. The molecule has 10 heteroatoms. The summed E-state index contributed by atoms with van der Waals surface area (Å²) in [4.78, 5) is 40.5. The van der Waals surface area contributed by atoms with Crippen LogP contribution in [0.5, 0.6) is 34.5 Å². The Hall–Kier alpha value is -7.07. The highest BCUT2D eigenvalue weighted by molar-refractivity contribution is 5.92. The molecule has 6 aromatic rings. The van der Waals surface area contributed by atoms with Crippen molar-refractivity contribution in [2.24, 2.45) is 0 Å². The Morgan fingerprint density at radius 1 is 0.355 bits per heavy atom. The SMILES string of the molecule is CCCCCCCCOc1ccc(-c2ccc(OCCCCC(=O)OC3c4cc(OC(=O)c5ccc(OCCCCCCC)cc5)ccc4-c4ccc(OC(=O)c5ccc(OCCCCCCC)cc5)cc43)cc2)cc1. The molecule has 10 nitrogen and oxygen atoms in total. The maximum absolute atomic E-state index is 13.7. The van der Waals surface area contributed by atoms with Crippen LogP contribution in [0.2, 0.25) is 0 Å². The van der Waals surface area contributed by atoms with Crippen LogP contribution < -0.4 is 28.4 Å². The van der Waals surface area contributed by atoms with Crippen molar-refractivity contribution in [2.45, 2.75) is 149 Å². The van der Waals surface area contributed by atoms with E-state index in [1.54, 1.807) is 72.8 Å². The molecule has 0 fully saturated rings. The predicted molar refractivity (Wildman–Crippen MR) is 301 cm³/mol. The minimum absolute atomic E-state index is 0.155. The van der Waals surface area contributed by atoms with Crippen molar-refractivity contribution >= 4 is 17.9 Å². The van der Waals surface area contributed by atoms with E-state index >= 15 is 0 Å². The molecule has 0 aromatic heterocycles. The van der Waals surface area contributed by atoms with Gasteiger partial charge in [0.1, 0.15) is 34.5 Å². The number of fused-ring (bicyclic) bond motifs is 3. The van der Waals surface area contributed by atoms with Crippen LogP contribution in [0.4, 0.5) is 0 Å². The first-order valence-corrected chi connectivity index (χ1v) is 28.2. The summed E-state index contributed by atoms with van der Waals surface area (Å²) in [6, 6.07) is 40.8. The van der Waals surface area contributed by atoms with Crippen molar-refractivity contribution in [2.75, 3.05) is 26.4 Å². The first-order chi connectivity index (χ1) is 37.3. The van der Waals surface area contributed by atoms with E-state index in [2.05, 4.69) is 32.9 Å². The van der Waals surface area contributed by atoms with E-state index < -0.39 is 24.0 Å². The summed E-state index contributed by atoms with van der Waals surface area (Å²) in [5.74, 6) is 2.17. The smallest absolute Gasteiger partial charge is 0.343 e. The number of rotatable bonds is 34. The van der Waals surface area contributed by atoms with Gasteiger partial charge in [-0.05, 0) is 151 Å². The number of esters is 3. The highest BCUT2D eigenvalue weighted by Gasteiger charge is 2.33. The Labute approximate surface area is 451 Å². The van der Waals surface area contributed by atoms with Gasteiger partial charge < -0.3 is 33.2 Å². The van der Waals surface area contributed by atoms with Crippen LogP contribution in [0.3, 0.4) is 0 Å². The molecule has 76 heavy (non-hydrogen) atoms.